The Morgan fingerprint density at radius 2 is 1.96 bits per heavy atom. The number of nitriles is 1. The molecule has 1 heterocycles. The lowest BCUT2D eigenvalue weighted by Crippen LogP contribution is -2.65. The number of hydrogen-bond donors (Lipinski definition) is 2. The van der Waals surface area contributed by atoms with Crippen LogP contribution in [0.1, 0.15) is 51.9 Å². The summed E-state index contributed by atoms with van der Waals surface area (Å²) in [7, 11) is 0. The van der Waals surface area contributed by atoms with Crippen LogP contribution in [0.15, 0.2) is 0 Å². The van der Waals surface area contributed by atoms with E-state index >= 15 is 0 Å². The number of carbonyl (C=O) groups is 1. The maximum absolute atomic E-state index is 13.3. The van der Waals surface area contributed by atoms with E-state index in [4.69, 9.17) is 5.73 Å². The molecule has 5 nitrogen and oxygen atoms in total. The topological polar surface area (TPSA) is 90.4 Å². The van der Waals surface area contributed by atoms with Crippen LogP contribution in [0.4, 0.5) is 0 Å². The van der Waals surface area contributed by atoms with Crippen molar-refractivity contribution in [1.82, 2.24) is 4.90 Å². The van der Waals surface area contributed by atoms with E-state index in [2.05, 4.69) is 13.0 Å². The van der Waals surface area contributed by atoms with Crippen LogP contribution in [-0.4, -0.2) is 39.6 Å². The fraction of sp³-hybridized carbons (Fsp3) is 0.895. The average Bonchev–Trinajstić information content (AvgIpc) is 2.96. The molecule has 7 atom stereocenters. The molecular formula is C19H27N3O2. The van der Waals surface area contributed by atoms with Gasteiger partial charge in [-0.3, -0.25) is 4.79 Å². The number of carbonyl (C=O) groups excluding carboxylic acids is 1. The normalized spacial score (nSPS) is 55.2. The molecule has 5 saturated carbocycles. The highest BCUT2D eigenvalue weighted by atomic mass is 16.3. The van der Waals surface area contributed by atoms with E-state index < -0.39 is 11.6 Å². The molecule has 0 aromatic rings. The number of nitrogens with two attached hydrogens (primary N) is 1. The predicted octanol–water partition coefficient (Wildman–Crippen LogP) is 1.40. The Morgan fingerprint density at radius 3 is 2.54 bits per heavy atom. The first-order valence-corrected chi connectivity index (χ1v) is 9.56. The van der Waals surface area contributed by atoms with Crippen molar-refractivity contribution in [2.24, 2.45) is 34.8 Å². The van der Waals surface area contributed by atoms with Gasteiger partial charge < -0.3 is 15.7 Å². The predicted molar refractivity (Wildman–Crippen MR) is 87.3 cm³/mol. The van der Waals surface area contributed by atoms with Gasteiger partial charge in [-0.2, -0.15) is 5.26 Å². The summed E-state index contributed by atoms with van der Waals surface area (Å²) < 4.78 is 0. The van der Waals surface area contributed by atoms with Gasteiger partial charge in [0.05, 0.1) is 17.7 Å². The molecule has 5 heteroatoms. The minimum atomic E-state index is -0.600. The molecule has 1 aliphatic heterocycles. The number of fused-ring (bicyclic) bond motifs is 1. The van der Waals surface area contributed by atoms with E-state index in [1.807, 2.05) is 4.90 Å². The highest BCUT2D eigenvalue weighted by Crippen LogP contribution is 2.63. The number of amides is 1. The second-order valence-corrected chi connectivity index (χ2v) is 9.67. The molecule has 130 valence electrons. The lowest BCUT2D eigenvalue weighted by molar-refractivity contribution is -0.177. The Hall–Kier alpha value is -1.12. The highest BCUT2D eigenvalue weighted by molar-refractivity contribution is 5.84. The third kappa shape index (κ3) is 1.84. The molecular weight excluding hydrogens is 302 g/mol. The molecule has 24 heavy (non-hydrogen) atoms. The average molecular weight is 329 g/mol. The summed E-state index contributed by atoms with van der Waals surface area (Å²) in [5.41, 5.74) is 5.74. The van der Waals surface area contributed by atoms with Gasteiger partial charge in [0.15, 0.2) is 0 Å². The monoisotopic (exact) mass is 329 g/mol. The van der Waals surface area contributed by atoms with Crippen LogP contribution in [0, 0.1) is 40.4 Å². The van der Waals surface area contributed by atoms with Gasteiger partial charge in [0.2, 0.25) is 5.91 Å². The van der Waals surface area contributed by atoms with Gasteiger partial charge in [0.25, 0.3) is 0 Å². The third-order valence-corrected chi connectivity index (χ3v) is 8.07. The maximum Gasteiger partial charge on any atom is 0.241 e. The Balaban J connectivity index is 1.43. The molecule has 1 saturated heterocycles. The van der Waals surface area contributed by atoms with E-state index in [9.17, 15) is 15.2 Å². The van der Waals surface area contributed by atoms with Crippen LogP contribution in [0.3, 0.4) is 0 Å². The Bertz CT molecular complexity index is 627. The van der Waals surface area contributed by atoms with Gasteiger partial charge in [-0.05, 0) is 74.0 Å². The quantitative estimate of drug-likeness (QED) is 0.801. The highest BCUT2D eigenvalue weighted by Gasteiger charge is 2.64. The van der Waals surface area contributed by atoms with Gasteiger partial charge in [-0.1, -0.05) is 6.92 Å². The van der Waals surface area contributed by atoms with Gasteiger partial charge in [-0.15, -0.1) is 0 Å². The maximum atomic E-state index is 13.3. The van der Waals surface area contributed by atoms with Crippen molar-refractivity contribution in [1.29, 1.82) is 5.26 Å². The lowest BCUT2D eigenvalue weighted by Gasteiger charge is -2.61. The van der Waals surface area contributed by atoms with Crippen molar-refractivity contribution in [3.05, 3.63) is 0 Å². The summed E-state index contributed by atoms with van der Waals surface area (Å²) in [5.74, 6) is 2.02. The summed E-state index contributed by atoms with van der Waals surface area (Å²) in [4.78, 5) is 15.1. The molecule has 5 aliphatic carbocycles. The molecule has 6 fully saturated rings. The molecule has 0 aromatic carbocycles. The van der Waals surface area contributed by atoms with Crippen LogP contribution < -0.4 is 5.73 Å². The summed E-state index contributed by atoms with van der Waals surface area (Å²) >= 11 is 0. The van der Waals surface area contributed by atoms with Crippen molar-refractivity contribution >= 4 is 5.91 Å². The summed E-state index contributed by atoms with van der Waals surface area (Å²) in [6, 6.07) is 1.68. The first-order chi connectivity index (χ1) is 11.4. The zero-order valence-electron chi connectivity index (χ0n) is 14.3. The zero-order valence-corrected chi connectivity index (χ0v) is 14.3. The second-order valence-electron chi connectivity index (χ2n) is 9.67. The SMILES string of the molecule is C[C@H]1[C@H]2C[C@@H](C#N)N(C(=O)C(N)C34CC5CC(CC(O)(C5)C3)C4)[C@@H]12. The second kappa shape index (κ2) is 4.53. The first kappa shape index (κ1) is 15.2. The molecule has 3 unspecified atom stereocenters. The van der Waals surface area contributed by atoms with Crippen molar-refractivity contribution in [3.63, 3.8) is 0 Å². The van der Waals surface area contributed by atoms with E-state index in [1.54, 1.807) is 0 Å². The lowest BCUT2D eigenvalue weighted by atomic mass is 9.46. The van der Waals surface area contributed by atoms with Gasteiger partial charge in [-0.25, -0.2) is 0 Å². The van der Waals surface area contributed by atoms with Crippen LogP contribution in [0.25, 0.3) is 0 Å². The van der Waals surface area contributed by atoms with Crippen molar-refractivity contribution in [2.75, 3.05) is 0 Å². The Labute approximate surface area is 143 Å². The van der Waals surface area contributed by atoms with Crippen LogP contribution in [-0.2, 0) is 4.79 Å². The molecule has 6 rings (SSSR count). The van der Waals surface area contributed by atoms with Crippen molar-refractivity contribution in [3.8, 4) is 6.07 Å². The summed E-state index contributed by atoms with van der Waals surface area (Å²) in [6.45, 7) is 2.17. The van der Waals surface area contributed by atoms with Crippen molar-refractivity contribution in [2.45, 2.75) is 75.6 Å². The Morgan fingerprint density at radius 1 is 1.29 bits per heavy atom. The van der Waals surface area contributed by atoms with Crippen molar-refractivity contribution < 1.29 is 9.90 Å². The first-order valence-electron chi connectivity index (χ1n) is 9.56. The molecule has 0 aromatic heterocycles. The minimum absolute atomic E-state index is 0.0241. The largest absolute Gasteiger partial charge is 0.390 e. The molecule has 1 amide bonds. The fourth-order valence-electron chi connectivity index (χ4n) is 7.40. The molecule has 0 radical (unpaired) electrons. The van der Waals surface area contributed by atoms with Gasteiger partial charge >= 0.3 is 0 Å². The van der Waals surface area contributed by atoms with E-state index in [1.165, 1.54) is 6.42 Å². The number of aliphatic hydroxyl groups is 1. The smallest absolute Gasteiger partial charge is 0.241 e. The zero-order chi connectivity index (χ0) is 16.9. The summed E-state index contributed by atoms with van der Waals surface area (Å²) in [6.07, 6.45) is 6.41. The fourth-order valence-corrected chi connectivity index (χ4v) is 7.40. The number of piperidine rings is 1. The third-order valence-electron chi connectivity index (χ3n) is 8.07. The number of rotatable bonds is 2. The minimum Gasteiger partial charge on any atom is -0.390 e. The molecule has 0 spiro atoms. The van der Waals surface area contributed by atoms with Crippen LogP contribution >= 0.6 is 0 Å². The van der Waals surface area contributed by atoms with E-state index in [-0.39, 0.29) is 23.4 Å². The van der Waals surface area contributed by atoms with Crippen LogP contribution in [0.5, 0.6) is 0 Å². The van der Waals surface area contributed by atoms with Gasteiger partial charge in [0, 0.05) is 6.04 Å². The van der Waals surface area contributed by atoms with E-state index in [0.29, 0.717) is 30.1 Å². The summed E-state index contributed by atoms with van der Waals surface area (Å²) in [5, 5.41) is 20.4. The number of likely N-dealkylation sites (tertiary alicyclic amines) is 1. The Kier molecular flexibility index (Phi) is 2.86. The standard InChI is InChI=1S/C19H27N3O2/c1-10-14-3-13(8-20)22(15(10)14)17(23)16(21)18-4-11-2-12(5-18)7-19(24,6-11)9-18/h10-16,24H,2-7,9,21H2,1H3/t10-,11?,12?,13-,14+,15-,16?,18?,19?/m0/s1. The number of hydrogen-bond acceptors (Lipinski definition) is 4. The molecule has 6 aliphatic rings. The number of nitrogens with zero attached hydrogens (tertiary/aromatic N) is 2. The van der Waals surface area contributed by atoms with Crippen LogP contribution in [0.2, 0.25) is 0 Å². The van der Waals surface area contributed by atoms with E-state index in [0.717, 1.165) is 32.1 Å². The van der Waals surface area contributed by atoms with Gasteiger partial charge in [0.1, 0.15) is 6.04 Å². The molecule has 3 N–H and O–H groups in total. The molecule has 4 bridgehead atoms.